The number of sulfone groups is 1. The Morgan fingerprint density at radius 3 is 2.42 bits per heavy atom. The summed E-state index contributed by atoms with van der Waals surface area (Å²) in [6.07, 6.45) is 1.14. The third kappa shape index (κ3) is 2.89. The minimum Gasteiger partial charge on any atom is -0.618 e. The second-order valence-electron chi connectivity index (χ2n) is 3.93. The Labute approximate surface area is 110 Å². The van der Waals surface area contributed by atoms with Crippen LogP contribution >= 0.6 is 0 Å². The van der Waals surface area contributed by atoms with Crippen LogP contribution in [0.4, 0.5) is 0 Å². The van der Waals surface area contributed by atoms with E-state index in [4.69, 9.17) is 5.26 Å². The number of rotatable bonds is 3. The van der Waals surface area contributed by atoms with Crippen molar-refractivity contribution in [1.29, 1.82) is 5.26 Å². The molecule has 2 rings (SSSR count). The van der Waals surface area contributed by atoms with E-state index in [0.717, 1.165) is 6.20 Å². The summed E-state index contributed by atoms with van der Waals surface area (Å²) in [5, 5.41) is 19.8. The lowest BCUT2D eigenvalue weighted by Crippen LogP contribution is -2.33. The molecule has 5 nitrogen and oxygen atoms in total. The molecule has 19 heavy (non-hydrogen) atoms. The zero-order valence-electron chi connectivity index (χ0n) is 9.85. The fraction of sp³-hybridized carbons (Fsp3) is 0.0769. The molecule has 96 valence electrons. The van der Waals surface area contributed by atoms with Crippen LogP contribution in [0.2, 0.25) is 0 Å². The van der Waals surface area contributed by atoms with E-state index in [0.29, 0.717) is 15.9 Å². The van der Waals surface area contributed by atoms with E-state index < -0.39 is 9.84 Å². The van der Waals surface area contributed by atoms with Crippen LogP contribution in [0.1, 0.15) is 11.1 Å². The molecular formula is C13H10N2O3S. The van der Waals surface area contributed by atoms with Crippen molar-refractivity contribution in [2.24, 2.45) is 0 Å². The monoisotopic (exact) mass is 274 g/mol. The van der Waals surface area contributed by atoms with Gasteiger partial charge in [-0.15, -0.1) is 0 Å². The maximum absolute atomic E-state index is 12.1. The van der Waals surface area contributed by atoms with Gasteiger partial charge in [0.1, 0.15) is 0 Å². The largest absolute Gasteiger partial charge is 0.618 e. The van der Waals surface area contributed by atoms with Crippen molar-refractivity contribution in [2.75, 3.05) is 0 Å². The summed E-state index contributed by atoms with van der Waals surface area (Å²) < 4.78 is 24.5. The van der Waals surface area contributed by atoms with Gasteiger partial charge in [-0.05, 0) is 23.8 Å². The molecule has 1 aromatic heterocycles. The highest BCUT2D eigenvalue weighted by molar-refractivity contribution is 7.90. The van der Waals surface area contributed by atoms with Gasteiger partial charge in [0.2, 0.25) is 9.84 Å². The van der Waals surface area contributed by atoms with Gasteiger partial charge >= 0.3 is 5.03 Å². The molecule has 0 atom stereocenters. The normalized spacial score (nSPS) is 10.9. The van der Waals surface area contributed by atoms with Crippen LogP contribution in [0.5, 0.6) is 0 Å². The molecule has 0 saturated carbocycles. The van der Waals surface area contributed by atoms with Crippen molar-refractivity contribution < 1.29 is 13.1 Å². The molecule has 0 fully saturated rings. The number of hydrogen-bond donors (Lipinski definition) is 0. The lowest BCUT2D eigenvalue weighted by molar-refractivity contribution is -0.646. The molecule has 0 bridgehead atoms. The zero-order chi connectivity index (χ0) is 13.9. The first-order valence-corrected chi connectivity index (χ1v) is 7.08. The Morgan fingerprint density at radius 2 is 1.84 bits per heavy atom. The van der Waals surface area contributed by atoms with E-state index in [1.165, 1.54) is 18.2 Å². The molecule has 1 heterocycles. The van der Waals surface area contributed by atoms with Crippen molar-refractivity contribution in [3.8, 4) is 6.07 Å². The van der Waals surface area contributed by atoms with E-state index in [1.54, 1.807) is 24.3 Å². The molecule has 0 aliphatic heterocycles. The fourth-order valence-corrected chi connectivity index (χ4v) is 3.02. The topological polar surface area (TPSA) is 84.9 Å². The van der Waals surface area contributed by atoms with Gasteiger partial charge in [-0.3, -0.25) is 0 Å². The predicted molar refractivity (Wildman–Crippen MR) is 67.4 cm³/mol. The molecule has 0 aliphatic rings. The molecule has 0 unspecified atom stereocenters. The molecule has 0 amide bonds. The van der Waals surface area contributed by atoms with E-state index in [9.17, 15) is 13.6 Å². The van der Waals surface area contributed by atoms with Gasteiger partial charge in [0.05, 0.1) is 17.4 Å². The Kier molecular flexibility index (Phi) is 3.49. The summed E-state index contributed by atoms with van der Waals surface area (Å²) >= 11 is 0. The smallest absolute Gasteiger partial charge is 0.308 e. The van der Waals surface area contributed by atoms with E-state index >= 15 is 0 Å². The van der Waals surface area contributed by atoms with Gasteiger partial charge in [0.25, 0.3) is 0 Å². The van der Waals surface area contributed by atoms with E-state index in [2.05, 4.69) is 0 Å². The quantitative estimate of drug-likeness (QED) is 0.621. The molecule has 0 spiro atoms. The third-order valence-corrected chi connectivity index (χ3v) is 4.21. The van der Waals surface area contributed by atoms with Crippen molar-refractivity contribution in [1.82, 2.24) is 0 Å². The van der Waals surface area contributed by atoms with Gasteiger partial charge in [0, 0.05) is 12.1 Å². The first kappa shape index (κ1) is 13.1. The first-order valence-electron chi connectivity index (χ1n) is 5.43. The van der Waals surface area contributed by atoms with Crippen LogP contribution in [0.15, 0.2) is 53.7 Å². The molecule has 2 aromatic rings. The predicted octanol–water partition coefficient (Wildman–Crippen LogP) is 1.17. The molecular weight excluding hydrogens is 264 g/mol. The summed E-state index contributed by atoms with van der Waals surface area (Å²) in [4.78, 5) is 0. The number of hydrogen-bond acceptors (Lipinski definition) is 4. The third-order valence-electron chi connectivity index (χ3n) is 2.55. The second kappa shape index (κ2) is 5.08. The van der Waals surface area contributed by atoms with Crippen molar-refractivity contribution >= 4 is 9.84 Å². The minimum atomic E-state index is -3.70. The van der Waals surface area contributed by atoms with E-state index in [1.807, 2.05) is 6.07 Å². The summed E-state index contributed by atoms with van der Waals surface area (Å²) in [5.74, 6) is -0.273. The average Bonchev–Trinajstić information content (AvgIpc) is 2.39. The first-order chi connectivity index (χ1) is 9.03. The molecule has 6 heteroatoms. The summed E-state index contributed by atoms with van der Waals surface area (Å²) in [7, 11) is -3.70. The SMILES string of the molecule is N#Cc1ccc(CS(=O)(=O)c2cccc[n+]2[O-])cc1. The number of aromatic nitrogens is 1. The zero-order valence-corrected chi connectivity index (χ0v) is 10.7. The molecule has 0 N–H and O–H groups in total. The lowest BCUT2D eigenvalue weighted by Gasteiger charge is -2.05. The summed E-state index contributed by atoms with van der Waals surface area (Å²) in [5.41, 5.74) is 0.989. The average molecular weight is 274 g/mol. The molecule has 0 radical (unpaired) electrons. The minimum absolute atomic E-state index is 0.273. The molecule has 0 aliphatic carbocycles. The standard InChI is InChI=1S/C13H10N2O3S/c14-9-11-4-6-12(7-5-11)10-19(17,18)13-3-1-2-8-15(13)16/h1-8H,10H2. The Bertz CT molecular complexity index is 731. The van der Waals surface area contributed by atoms with Gasteiger partial charge in [-0.25, -0.2) is 8.42 Å². The number of nitrogens with zero attached hydrogens (tertiary/aromatic N) is 2. The maximum atomic E-state index is 12.1. The highest BCUT2D eigenvalue weighted by Crippen LogP contribution is 2.13. The Hall–Kier alpha value is -2.39. The van der Waals surface area contributed by atoms with Gasteiger partial charge < -0.3 is 5.21 Å². The van der Waals surface area contributed by atoms with Gasteiger partial charge in [-0.1, -0.05) is 12.1 Å². The fourth-order valence-electron chi connectivity index (χ4n) is 1.62. The Balaban J connectivity index is 2.32. The maximum Gasteiger partial charge on any atom is 0.308 e. The van der Waals surface area contributed by atoms with Crippen LogP contribution < -0.4 is 4.73 Å². The van der Waals surface area contributed by atoms with Crippen LogP contribution in [0, 0.1) is 16.5 Å². The Morgan fingerprint density at radius 1 is 1.16 bits per heavy atom. The van der Waals surface area contributed by atoms with Crippen LogP contribution in [-0.4, -0.2) is 8.42 Å². The number of benzene rings is 1. The van der Waals surface area contributed by atoms with Crippen LogP contribution in [0.25, 0.3) is 0 Å². The second-order valence-corrected chi connectivity index (χ2v) is 5.87. The van der Waals surface area contributed by atoms with Crippen LogP contribution in [0.3, 0.4) is 0 Å². The number of pyridine rings is 1. The number of nitriles is 1. The van der Waals surface area contributed by atoms with Crippen LogP contribution in [-0.2, 0) is 15.6 Å². The lowest BCUT2D eigenvalue weighted by atomic mass is 10.2. The van der Waals surface area contributed by atoms with Crippen molar-refractivity contribution in [2.45, 2.75) is 10.8 Å². The highest BCUT2D eigenvalue weighted by atomic mass is 32.2. The van der Waals surface area contributed by atoms with Gasteiger partial charge in [-0.2, -0.15) is 9.99 Å². The highest BCUT2D eigenvalue weighted by Gasteiger charge is 2.23. The van der Waals surface area contributed by atoms with Crippen molar-refractivity contribution in [3.63, 3.8) is 0 Å². The van der Waals surface area contributed by atoms with Crippen molar-refractivity contribution in [3.05, 3.63) is 65.0 Å². The van der Waals surface area contributed by atoms with Gasteiger partial charge in [0.15, 0.2) is 6.20 Å². The molecule has 0 saturated heterocycles. The van der Waals surface area contributed by atoms with E-state index in [-0.39, 0.29) is 10.8 Å². The summed E-state index contributed by atoms with van der Waals surface area (Å²) in [6, 6.07) is 12.4. The summed E-state index contributed by atoms with van der Waals surface area (Å²) in [6.45, 7) is 0. The molecule has 1 aromatic carbocycles.